The predicted octanol–water partition coefficient (Wildman–Crippen LogP) is 4.84. The SMILES string of the molecule is CC(C)(c1ccc(Br)cc1)c1csc(NC(=O)NCc2ccc(OCCN3CCNCC3)cc2)n1. The minimum atomic E-state index is -0.274. The normalized spacial score (nSPS) is 14.5. The molecule has 3 aromatic rings. The van der Waals surface area contributed by atoms with E-state index in [4.69, 9.17) is 4.74 Å². The Bertz CT molecular complexity index is 1100. The number of rotatable bonds is 9. The maximum Gasteiger partial charge on any atom is 0.321 e. The van der Waals surface area contributed by atoms with Crippen LogP contribution in [-0.2, 0) is 12.0 Å². The number of aromatic nitrogens is 1. The van der Waals surface area contributed by atoms with Crippen LogP contribution in [-0.4, -0.2) is 55.2 Å². The van der Waals surface area contributed by atoms with Gasteiger partial charge in [0.1, 0.15) is 12.4 Å². The molecule has 0 saturated carbocycles. The van der Waals surface area contributed by atoms with Crippen LogP contribution in [0.3, 0.4) is 0 Å². The van der Waals surface area contributed by atoms with E-state index < -0.39 is 0 Å². The first-order valence-corrected chi connectivity index (χ1v) is 13.5. The number of amides is 2. The van der Waals surface area contributed by atoms with Crippen LogP contribution in [0, 0.1) is 0 Å². The molecule has 186 valence electrons. The quantitative estimate of drug-likeness (QED) is 0.351. The number of urea groups is 1. The summed E-state index contributed by atoms with van der Waals surface area (Å²) in [7, 11) is 0. The Balaban J connectivity index is 1.22. The van der Waals surface area contributed by atoms with E-state index in [1.54, 1.807) is 0 Å². The van der Waals surface area contributed by atoms with Crippen LogP contribution in [0.2, 0.25) is 0 Å². The average Bonchev–Trinajstić information content (AvgIpc) is 3.34. The second-order valence-corrected chi connectivity index (χ2v) is 10.8. The molecule has 2 amide bonds. The predicted molar refractivity (Wildman–Crippen MR) is 145 cm³/mol. The number of thiazole rings is 1. The third-order valence-corrected chi connectivity index (χ3v) is 7.48. The van der Waals surface area contributed by atoms with Crippen molar-refractivity contribution in [1.82, 2.24) is 20.5 Å². The molecular formula is C26H32BrN5O2S. The standard InChI is InChI=1S/C26H32BrN5O2S/c1-26(2,20-5-7-21(27)8-6-20)23-18-35-25(30-23)31-24(33)29-17-19-3-9-22(10-4-19)34-16-15-32-13-11-28-12-14-32/h3-10,18,28H,11-17H2,1-2H3,(H2,29,30,31,33). The van der Waals surface area contributed by atoms with Crippen LogP contribution in [0.25, 0.3) is 0 Å². The molecule has 0 radical (unpaired) electrons. The molecule has 0 bridgehead atoms. The number of nitrogens with one attached hydrogen (secondary N) is 3. The maximum atomic E-state index is 12.4. The monoisotopic (exact) mass is 557 g/mol. The van der Waals surface area contributed by atoms with Crippen molar-refractivity contribution in [2.24, 2.45) is 0 Å². The minimum Gasteiger partial charge on any atom is -0.492 e. The van der Waals surface area contributed by atoms with E-state index in [2.05, 4.69) is 67.7 Å². The Morgan fingerprint density at radius 1 is 1.14 bits per heavy atom. The van der Waals surface area contributed by atoms with Gasteiger partial charge in [-0.1, -0.05) is 54.0 Å². The Kier molecular flexibility index (Phi) is 8.78. The zero-order valence-electron chi connectivity index (χ0n) is 20.1. The Morgan fingerprint density at radius 2 is 1.86 bits per heavy atom. The second-order valence-electron chi connectivity index (χ2n) is 9.06. The van der Waals surface area contributed by atoms with E-state index in [0.29, 0.717) is 18.3 Å². The number of ether oxygens (including phenoxy) is 1. The molecule has 1 aliphatic heterocycles. The lowest BCUT2D eigenvalue weighted by Gasteiger charge is -2.26. The van der Waals surface area contributed by atoms with Crippen molar-refractivity contribution in [1.29, 1.82) is 0 Å². The molecular weight excluding hydrogens is 526 g/mol. The molecule has 7 nitrogen and oxygen atoms in total. The lowest BCUT2D eigenvalue weighted by atomic mass is 9.82. The van der Waals surface area contributed by atoms with Crippen molar-refractivity contribution in [2.75, 3.05) is 44.6 Å². The van der Waals surface area contributed by atoms with Gasteiger partial charge >= 0.3 is 6.03 Å². The first kappa shape index (κ1) is 25.6. The van der Waals surface area contributed by atoms with E-state index in [1.165, 1.54) is 16.9 Å². The number of carbonyl (C=O) groups is 1. The summed E-state index contributed by atoms with van der Waals surface area (Å²) in [6.45, 7) is 10.5. The van der Waals surface area contributed by atoms with Gasteiger partial charge in [0, 0.05) is 54.5 Å². The minimum absolute atomic E-state index is 0.261. The van der Waals surface area contributed by atoms with Gasteiger partial charge in [-0.25, -0.2) is 9.78 Å². The van der Waals surface area contributed by atoms with E-state index >= 15 is 0 Å². The summed E-state index contributed by atoms with van der Waals surface area (Å²) < 4.78 is 6.91. The highest BCUT2D eigenvalue weighted by atomic mass is 79.9. The molecule has 3 N–H and O–H groups in total. The van der Waals surface area contributed by atoms with E-state index in [0.717, 1.165) is 54.2 Å². The van der Waals surface area contributed by atoms with Crippen LogP contribution in [0.4, 0.5) is 9.93 Å². The summed E-state index contributed by atoms with van der Waals surface area (Å²) in [5, 5.41) is 11.7. The molecule has 1 fully saturated rings. The van der Waals surface area contributed by atoms with Crippen LogP contribution < -0.4 is 20.7 Å². The summed E-state index contributed by atoms with van der Waals surface area (Å²) >= 11 is 4.91. The number of halogens is 1. The van der Waals surface area contributed by atoms with E-state index in [1.807, 2.05) is 41.8 Å². The highest BCUT2D eigenvalue weighted by Gasteiger charge is 2.26. The summed E-state index contributed by atoms with van der Waals surface area (Å²) in [6, 6.07) is 15.8. The van der Waals surface area contributed by atoms with Crippen LogP contribution in [0.1, 0.15) is 30.7 Å². The van der Waals surface area contributed by atoms with Gasteiger partial charge in [0.25, 0.3) is 0 Å². The lowest BCUT2D eigenvalue weighted by Crippen LogP contribution is -2.44. The summed E-state index contributed by atoms with van der Waals surface area (Å²) in [5.41, 5.74) is 2.83. The molecule has 0 unspecified atom stereocenters. The van der Waals surface area contributed by atoms with Crippen molar-refractivity contribution in [3.8, 4) is 5.75 Å². The summed E-state index contributed by atoms with van der Waals surface area (Å²) in [4.78, 5) is 19.5. The third-order valence-electron chi connectivity index (χ3n) is 6.19. The number of hydrogen-bond acceptors (Lipinski definition) is 6. The van der Waals surface area contributed by atoms with Crippen molar-refractivity contribution in [2.45, 2.75) is 25.8 Å². The Hall–Kier alpha value is -2.46. The molecule has 1 saturated heterocycles. The Labute approximate surface area is 219 Å². The van der Waals surface area contributed by atoms with E-state index in [9.17, 15) is 4.79 Å². The molecule has 35 heavy (non-hydrogen) atoms. The van der Waals surface area contributed by atoms with Gasteiger partial charge in [0.05, 0.1) is 5.69 Å². The fourth-order valence-corrected chi connectivity index (χ4v) is 5.02. The number of carbonyl (C=O) groups excluding carboxylic acids is 1. The molecule has 1 aliphatic rings. The topological polar surface area (TPSA) is 78.5 Å². The highest BCUT2D eigenvalue weighted by Crippen LogP contribution is 2.34. The van der Waals surface area contributed by atoms with Gasteiger partial charge in [-0.15, -0.1) is 11.3 Å². The molecule has 4 rings (SSSR count). The van der Waals surface area contributed by atoms with Crippen molar-refractivity contribution >= 4 is 38.4 Å². The molecule has 1 aromatic heterocycles. The number of anilines is 1. The van der Waals surface area contributed by atoms with Gasteiger partial charge in [-0.2, -0.15) is 0 Å². The van der Waals surface area contributed by atoms with E-state index in [-0.39, 0.29) is 11.4 Å². The highest BCUT2D eigenvalue weighted by molar-refractivity contribution is 9.10. The lowest BCUT2D eigenvalue weighted by molar-refractivity contribution is 0.191. The van der Waals surface area contributed by atoms with Crippen LogP contribution in [0.5, 0.6) is 5.75 Å². The average molecular weight is 559 g/mol. The molecule has 0 spiro atoms. The molecule has 0 atom stereocenters. The molecule has 2 heterocycles. The Morgan fingerprint density at radius 3 is 2.57 bits per heavy atom. The number of benzene rings is 2. The molecule has 9 heteroatoms. The molecule has 2 aromatic carbocycles. The fourth-order valence-electron chi connectivity index (χ4n) is 3.89. The first-order chi connectivity index (χ1) is 16.9. The zero-order chi connectivity index (χ0) is 24.7. The number of piperazine rings is 1. The van der Waals surface area contributed by atoms with Crippen molar-refractivity contribution in [3.63, 3.8) is 0 Å². The largest absolute Gasteiger partial charge is 0.492 e. The van der Waals surface area contributed by atoms with Gasteiger partial charge < -0.3 is 15.4 Å². The van der Waals surface area contributed by atoms with Gasteiger partial charge in [-0.05, 0) is 35.4 Å². The summed E-state index contributed by atoms with van der Waals surface area (Å²) in [5.74, 6) is 0.844. The van der Waals surface area contributed by atoms with Crippen molar-refractivity contribution < 1.29 is 9.53 Å². The van der Waals surface area contributed by atoms with Gasteiger partial charge in [-0.3, -0.25) is 10.2 Å². The third kappa shape index (κ3) is 7.27. The van der Waals surface area contributed by atoms with Gasteiger partial charge in [0.15, 0.2) is 5.13 Å². The first-order valence-electron chi connectivity index (χ1n) is 11.8. The second kappa shape index (κ2) is 12.0. The van der Waals surface area contributed by atoms with Crippen molar-refractivity contribution in [3.05, 3.63) is 75.2 Å². The molecule has 0 aliphatic carbocycles. The van der Waals surface area contributed by atoms with Crippen LogP contribution in [0.15, 0.2) is 58.4 Å². The number of hydrogen-bond donors (Lipinski definition) is 3. The summed E-state index contributed by atoms with van der Waals surface area (Å²) in [6.07, 6.45) is 0. The maximum absolute atomic E-state index is 12.4. The zero-order valence-corrected chi connectivity index (χ0v) is 22.5. The number of nitrogens with zero attached hydrogens (tertiary/aromatic N) is 2. The van der Waals surface area contributed by atoms with Crippen LogP contribution >= 0.6 is 27.3 Å². The van der Waals surface area contributed by atoms with Gasteiger partial charge in [0.2, 0.25) is 0 Å². The fraction of sp³-hybridized carbons (Fsp3) is 0.385. The smallest absolute Gasteiger partial charge is 0.321 e.